The van der Waals surface area contributed by atoms with Gasteiger partial charge in [-0.15, -0.1) is 0 Å². The van der Waals surface area contributed by atoms with E-state index in [9.17, 15) is 4.79 Å². The molecule has 0 heterocycles. The monoisotopic (exact) mass is 249 g/mol. The third kappa shape index (κ3) is 2.88. The fourth-order valence-corrected chi connectivity index (χ4v) is 1.86. The molecule has 0 radical (unpaired) electrons. The lowest BCUT2D eigenvalue weighted by molar-refractivity contribution is -0.131. The zero-order valence-electron chi connectivity index (χ0n) is 10.1. The van der Waals surface area contributed by atoms with E-state index in [-0.39, 0.29) is 0 Å². The van der Waals surface area contributed by atoms with E-state index < -0.39 is 5.97 Å². The van der Waals surface area contributed by atoms with Gasteiger partial charge in [-0.2, -0.15) is 5.26 Å². The van der Waals surface area contributed by atoms with Crippen molar-refractivity contribution in [2.24, 2.45) is 0 Å². The predicted octanol–water partition coefficient (Wildman–Crippen LogP) is 3.32. The van der Waals surface area contributed by atoms with Crippen LogP contribution in [0.1, 0.15) is 11.1 Å². The summed E-state index contributed by atoms with van der Waals surface area (Å²) >= 11 is 0. The number of benzene rings is 2. The zero-order valence-corrected chi connectivity index (χ0v) is 10.1. The minimum Gasteiger partial charge on any atom is -0.478 e. The van der Waals surface area contributed by atoms with Gasteiger partial charge in [0, 0.05) is 11.6 Å². The van der Waals surface area contributed by atoms with Gasteiger partial charge in [-0.1, -0.05) is 42.5 Å². The highest BCUT2D eigenvalue weighted by Gasteiger charge is 2.07. The van der Waals surface area contributed by atoms with E-state index in [4.69, 9.17) is 10.4 Å². The number of hydrogen-bond acceptors (Lipinski definition) is 2. The minimum atomic E-state index is -0.997. The topological polar surface area (TPSA) is 61.1 Å². The van der Waals surface area contributed by atoms with E-state index in [0.717, 1.165) is 22.8 Å². The molecule has 1 N–H and O–H groups in total. The molecular formula is C16H11NO2. The zero-order chi connectivity index (χ0) is 13.7. The number of hydrogen-bond donors (Lipinski definition) is 1. The Kier molecular flexibility index (Phi) is 3.75. The van der Waals surface area contributed by atoms with Crippen molar-refractivity contribution < 1.29 is 9.90 Å². The van der Waals surface area contributed by atoms with Crippen molar-refractivity contribution in [1.29, 1.82) is 5.26 Å². The molecule has 0 aromatic heterocycles. The fourth-order valence-electron chi connectivity index (χ4n) is 1.86. The number of rotatable bonds is 3. The molecule has 0 unspecified atom stereocenters. The quantitative estimate of drug-likeness (QED) is 0.849. The lowest BCUT2D eigenvalue weighted by Crippen LogP contribution is -1.89. The van der Waals surface area contributed by atoms with Crippen LogP contribution in [0.5, 0.6) is 0 Å². The molecule has 0 aliphatic heterocycles. The first-order chi connectivity index (χ1) is 9.22. The van der Waals surface area contributed by atoms with Crippen LogP contribution in [0.25, 0.3) is 17.2 Å². The van der Waals surface area contributed by atoms with Gasteiger partial charge in [0.25, 0.3) is 0 Å². The van der Waals surface area contributed by atoms with E-state index in [1.807, 2.05) is 36.4 Å². The van der Waals surface area contributed by atoms with Crippen LogP contribution in [-0.4, -0.2) is 11.1 Å². The Morgan fingerprint density at radius 2 is 1.68 bits per heavy atom. The third-order valence-electron chi connectivity index (χ3n) is 2.70. The maximum absolute atomic E-state index is 10.6. The third-order valence-corrected chi connectivity index (χ3v) is 2.70. The van der Waals surface area contributed by atoms with Gasteiger partial charge in [0.2, 0.25) is 0 Å². The lowest BCUT2D eigenvalue weighted by Gasteiger charge is -2.07. The van der Waals surface area contributed by atoms with E-state index in [1.54, 1.807) is 12.1 Å². The molecule has 0 amide bonds. The molecule has 2 aromatic rings. The molecule has 0 aliphatic rings. The maximum Gasteiger partial charge on any atom is 0.328 e. The molecular weight excluding hydrogens is 238 g/mol. The van der Waals surface area contributed by atoms with Crippen LogP contribution in [0.2, 0.25) is 0 Å². The summed E-state index contributed by atoms with van der Waals surface area (Å²) in [5.74, 6) is -0.997. The number of carbonyl (C=O) groups is 1. The van der Waals surface area contributed by atoms with E-state index in [0.29, 0.717) is 5.56 Å². The van der Waals surface area contributed by atoms with E-state index >= 15 is 0 Å². The highest BCUT2D eigenvalue weighted by molar-refractivity contribution is 5.88. The second kappa shape index (κ2) is 5.65. The van der Waals surface area contributed by atoms with Crippen molar-refractivity contribution in [3.05, 3.63) is 65.7 Å². The van der Waals surface area contributed by atoms with Crippen molar-refractivity contribution in [2.75, 3.05) is 0 Å². The average Bonchev–Trinajstić information content (AvgIpc) is 2.45. The molecule has 0 spiro atoms. The smallest absolute Gasteiger partial charge is 0.328 e. The molecule has 0 saturated carbocycles. The Balaban J connectivity index is 2.57. The molecule has 2 rings (SSSR count). The van der Waals surface area contributed by atoms with Gasteiger partial charge in [-0.05, 0) is 23.3 Å². The Morgan fingerprint density at radius 3 is 2.37 bits per heavy atom. The summed E-state index contributed by atoms with van der Waals surface area (Å²) < 4.78 is 0. The Hall–Kier alpha value is -2.86. The number of nitriles is 1. The van der Waals surface area contributed by atoms with E-state index in [1.165, 1.54) is 6.08 Å². The van der Waals surface area contributed by atoms with Crippen molar-refractivity contribution in [3.8, 4) is 17.2 Å². The Labute approximate surface area is 111 Å². The van der Waals surface area contributed by atoms with Crippen molar-refractivity contribution in [1.82, 2.24) is 0 Å². The summed E-state index contributed by atoms with van der Waals surface area (Å²) in [4.78, 5) is 10.6. The van der Waals surface area contributed by atoms with Crippen LogP contribution in [0.4, 0.5) is 0 Å². The van der Waals surface area contributed by atoms with Gasteiger partial charge in [0.05, 0.1) is 11.6 Å². The highest BCUT2D eigenvalue weighted by Crippen LogP contribution is 2.27. The fraction of sp³-hybridized carbons (Fsp3) is 0. The molecule has 0 atom stereocenters. The molecule has 92 valence electrons. The number of carboxylic acid groups (broad SMARTS) is 1. The standard InChI is InChI=1S/C16H11NO2/c17-11-13-6-2-4-8-15(13)14-7-3-1-5-12(14)9-10-16(18)19/h1-10H,(H,18,19). The summed E-state index contributed by atoms with van der Waals surface area (Å²) in [6.07, 6.45) is 2.62. The second-order valence-electron chi connectivity index (χ2n) is 3.92. The normalized spacial score (nSPS) is 10.3. The molecule has 3 heteroatoms. The number of aliphatic carboxylic acids is 1. The van der Waals surface area contributed by atoms with E-state index in [2.05, 4.69) is 6.07 Å². The molecule has 19 heavy (non-hydrogen) atoms. The highest BCUT2D eigenvalue weighted by atomic mass is 16.4. The van der Waals surface area contributed by atoms with Gasteiger partial charge in [-0.3, -0.25) is 0 Å². The van der Waals surface area contributed by atoms with Crippen LogP contribution in [0.3, 0.4) is 0 Å². The van der Waals surface area contributed by atoms with Crippen molar-refractivity contribution in [3.63, 3.8) is 0 Å². The molecule has 0 bridgehead atoms. The first-order valence-electron chi connectivity index (χ1n) is 5.72. The number of nitrogens with zero attached hydrogens (tertiary/aromatic N) is 1. The lowest BCUT2D eigenvalue weighted by atomic mass is 9.96. The average molecular weight is 249 g/mol. The minimum absolute atomic E-state index is 0.568. The summed E-state index contributed by atoms with van der Waals surface area (Å²) in [5, 5.41) is 17.8. The molecule has 0 fully saturated rings. The van der Waals surface area contributed by atoms with Crippen LogP contribution < -0.4 is 0 Å². The first kappa shape index (κ1) is 12.6. The Morgan fingerprint density at radius 1 is 1.05 bits per heavy atom. The number of carboxylic acids is 1. The summed E-state index contributed by atoms with van der Waals surface area (Å²) in [6.45, 7) is 0. The SMILES string of the molecule is N#Cc1ccccc1-c1ccccc1C=CC(=O)O. The van der Waals surface area contributed by atoms with Crippen LogP contribution in [0, 0.1) is 11.3 Å². The second-order valence-corrected chi connectivity index (χ2v) is 3.92. The van der Waals surface area contributed by atoms with Gasteiger partial charge in [0.15, 0.2) is 0 Å². The summed E-state index contributed by atoms with van der Waals surface area (Å²) in [7, 11) is 0. The van der Waals surface area contributed by atoms with Gasteiger partial charge >= 0.3 is 5.97 Å². The molecule has 0 saturated heterocycles. The summed E-state index contributed by atoms with van der Waals surface area (Å²) in [5.41, 5.74) is 2.99. The van der Waals surface area contributed by atoms with Crippen molar-refractivity contribution in [2.45, 2.75) is 0 Å². The van der Waals surface area contributed by atoms with Gasteiger partial charge in [0.1, 0.15) is 0 Å². The van der Waals surface area contributed by atoms with Crippen LogP contribution in [0.15, 0.2) is 54.6 Å². The largest absolute Gasteiger partial charge is 0.478 e. The first-order valence-corrected chi connectivity index (χ1v) is 5.72. The van der Waals surface area contributed by atoms with Crippen LogP contribution >= 0.6 is 0 Å². The van der Waals surface area contributed by atoms with Crippen LogP contribution in [-0.2, 0) is 4.79 Å². The Bertz CT molecular complexity index is 681. The van der Waals surface area contributed by atoms with Crippen molar-refractivity contribution >= 4 is 12.0 Å². The summed E-state index contributed by atoms with van der Waals surface area (Å²) in [6, 6.07) is 16.8. The maximum atomic E-state index is 10.6. The van der Waals surface area contributed by atoms with Gasteiger partial charge < -0.3 is 5.11 Å². The molecule has 3 nitrogen and oxygen atoms in total. The van der Waals surface area contributed by atoms with Gasteiger partial charge in [-0.25, -0.2) is 4.79 Å². The molecule has 0 aliphatic carbocycles. The molecule has 2 aromatic carbocycles. The predicted molar refractivity (Wildman–Crippen MR) is 73.3 cm³/mol.